The molecular formula is C7H19ClN6. The molecule has 0 saturated heterocycles. The van der Waals surface area contributed by atoms with Gasteiger partial charge in [0.1, 0.15) is 0 Å². The molecule has 0 unspecified atom stereocenters. The first kappa shape index (κ1) is 15.5. The lowest BCUT2D eigenvalue weighted by molar-refractivity contribution is 0.505. The summed E-state index contributed by atoms with van der Waals surface area (Å²) in [6.45, 7) is 0.421. The molecule has 0 saturated carbocycles. The largest absolute Gasteiger partial charge is 0.370 e. The summed E-state index contributed by atoms with van der Waals surface area (Å²) in [6.07, 6.45) is 0. The second kappa shape index (κ2) is 10.1. The van der Waals surface area contributed by atoms with Crippen molar-refractivity contribution in [1.29, 1.82) is 0 Å². The molecule has 0 aliphatic carbocycles. The number of aliphatic imine (C=N–C) groups is 2. The van der Waals surface area contributed by atoms with Gasteiger partial charge in [0.25, 0.3) is 0 Å². The minimum Gasteiger partial charge on any atom is -0.370 e. The molecule has 0 bridgehead atoms. The Morgan fingerprint density at radius 3 is 1.93 bits per heavy atom. The van der Waals surface area contributed by atoms with Crippen molar-refractivity contribution in [3.8, 4) is 0 Å². The third-order valence-electron chi connectivity index (χ3n) is 0.602. The van der Waals surface area contributed by atoms with E-state index >= 15 is 0 Å². The Hall–Kier alpha value is -1.01. The van der Waals surface area contributed by atoms with Crippen LogP contribution in [0.4, 0.5) is 0 Å². The fourth-order valence-corrected chi connectivity index (χ4v) is 0.409. The highest BCUT2D eigenvalue weighted by Gasteiger charge is 1.85. The average molecular weight is 223 g/mol. The van der Waals surface area contributed by atoms with Gasteiger partial charge < -0.3 is 22.1 Å². The minimum atomic E-state index is -0.101. The maximum Gasteiger partial charge on any atom is 0.218 e. The van der Waals surface area contributed by atoms with Gasteiger partial charge in [0.05, 0.1) is 6.54 Å². The Morgan fingerprint density at radius 2 is 1.64 bits per heavy atom. The van der Waals surface area contributed by atoms with E-state index in [1.54, 1.807) is 0 Å². The Labute approximate surface area is 89.8 Å². The van der Waals surface area contributed by atoms with Crippen molar-refractivity contribution in [3.63, 3.8) is 0 Å². The van der Waals surface area contributed by atoms with E-state index < -0.39 is 0 Å². The molecule has 0 aromatic rings. The number of hydrogen-bond acceptors (Lipinski definition) is 2. The number of guanidine groups is 2. The van der Waals surface area contributed by atoms with E-state index in [0.717, 1.165) is 0 Å². The molecule has 6 nitrogen and oxygen atoms in total. The number of halogens is 1. The Balaban J connectivity index is 0. The molecule has 0 aliphatic rings. The van der Waals surface area contributed by atoms with Crippen LogP contribution in [0.25, 0.3) is 0 Å². The highest BCUT2D eigenvalue weighted by atomic mass is 35.5. The molecule has 0 atom stereocenters. The molecular weight excluding hydrogens is 204 g/mol. The van der Waals surface area contributed by atoms with E-state index in [4.69, 9.17) is 28.8 Å². The molecule has 6 N–H and O–H groups in total. The number of alkyl halides is 1. The van der Waals surface area contributed by atoms with E-state index in [2.05, 4.69) is 9.98 Å². The monoisotopic (exact) mass is 222 g/mol. The maximum absolute atomic E-state index is 5.31. The zero-order valence-corrected chi connectivity index (χ0v) is 9.62. The summed E-state index contributed by atoms with van der Waals surface area (Å²) < 4.78 is 0. The van der Waals surface area contributed by atoms with Crippen LogP contribution in [-0.4, -0.2) is 50.4 Å². The summed E-state index contributed by atoms with van der Waals surface area (Å²) in [7, 11) is 6.00. The van der Waals surface area contributed by atoms with Crippen LogP contribution in [0.2, 0.25) is 0 Å². The van der Waals surface area contributed by atoms with Crippen molar-refractivity contribution >= 4 is 23.5 Å². The number of hydrogen-bond donors (Lipinski definition) is 3. The van der Waals surface area contributed by atoms with Crippen molar-refractivity contribution < 1.29 is 0 Å². The second-order valence-corrected chi connectivity index (χ2v) is 3.19. The summed E-state index contributed by atoms with van der Waals surface area (Å²) in [5.41, 5.74) is 15.2. The number of rotatable bonds is 2. The molecule has 0 rings (SSSR count). The normalized spacial score (nSPS) is 10.5. The van der Waals surface area contributed by atoms with Crippen LogP contribution < -0.4 is 17.2 Å². The first-order valence-corrected chi connectivity index (χ1v) is 4.50. The first-order chi connectivity index (χ1) is 6.40. The first-order valence-electron chi connectivity index (χ1n) is 3.96. The fraction of sp³-hybridized carbons (Fsp3) is 0.714. The summed E-state index contributed by atoms with van der Waals surface area (Å²) in [5, 5.41) is 0. The zero-order chi connectivity index (χ0) is 11.6. The van der Waals surface area contributed by atoms with Gasteiger partial charge in [0.15, 0.2) is 5.96 Å². The predicted octanol–water partition coefficient (Wildman–Crippen LogP) is -1.01. The van der Waals surface area contributed by atoms with Crippen LogP contribution in [0, 0.1) is 0 Å². The molecule has 0 aromatic heterocycles. The van der Waals surface area contributed by atoms with Crippen LogP contribution in [0.3, 0.4) is 0 Å². The standard InChI is InChI=1S/C4H10ClN5.C3H9N/c5-1-2-9-4(8)10-3(6)7;1-4(2)3/h1-2H2,(H6,6,7,8,9,10);1-3H3. The smallest absolute Gasteiger partial charge is 0.218 e. The number of nitrogens with zero attached hydrogens (tertiary/aromatic N) is 3. The van der Waals surface area contributed by atoms with E-state index in [0.29, 0.717) is 12.4 Å². The predicted molar refractivity (Wildman–Crippen MR) is 62.6 cm³/mol. The molecule has 84 valence electrons. The molecule has 0 spiro atoms. The van der Waals surface area contributed by atoms with Crippen molar-refractivity contribution in [1.82, 2.24) is 4.90 Å². The van der Waals surface area contributed by atoms with Crippen molar-refractivity contribution in [3.05, 3.63) is 0 Å². The highest BCUT2D eigenvalue weighted by molar-refractivity contribution is 6.18. The van der Waals surface area contributed by atoms with Gasteiger partial charge in [0, 0.05) is 5.88 Å². The molecule has 0 aromatic carbocycles. The van der Waals surface area contributed by atoms with Gasteiger partial charge in [-0.1, -0.05) is 0 Å². The highest BCUT2D eigenvalue weighted by Crippen LogP contribution is 1.77. The van der Waals surface area contributed by atoms with Crippen LogP contribution in [0.15, 0.2) is 9.98 Å². The Bertz CT molecular complexity index is 182. The summed E-state index contributed by atoms with van der Waals surface area (Å²) in [6, 6.07) is 0. The van der Waals surface area contributed by atoms with Gasteiger partial charge in [-0.3, -0.25) is 4.99 Å². The summed E-state index contributed by atoms with van der Waals surface area (Å²) in [4.78, 5) is 9.15. The van der Waals surface area contributed by atoms with Crippen LogP contribution in [0.1, 0.15) is 0 Å². The average Bonchev–Trinajstić information content (AvgIpc) is 1.98. The zero-order valence-electron chi connectivity index (χ0n) is 8.87. The third kappa shape index (κ3) is 22.4. The van der Waals surface area contributed by atoms with Crippen molar-refractivity contribution in [2.75, 3.05) is 33.6 Å². The SMILES string of the molecule is CN(C)C.NC(N)=NC(N)=NCCCl. The third-order valence-corrected chi connectivity index (χ3v) is 0.771. The molecule has 0 heterocycles. The fourth-order valence-electron chi connectivity index (χ4n) is 0.324. The van der Waals surface area contributed by atoms with Gasteiger partial charge in [0.2, 0.25) is 5.96 Å². The Kier molecular flexibility index (Phi) is 11.1. The van der Waals surface area contributed by atoms with Gasteiger partial charge in [-0.15, -0.1) is 11.6 Å². The van der Waals surface area contributed by atoms with Gasteiger partial charge in [-0.25, -0.2) is 0 Å². The maximum atomic E-state index is 5.31. The second-order valence-electron chi connectivity index (χ2n) is 2.81. The van der Waals surface area contributed by atoms with Crippen LogP contribution in [0.5, 0.6) is 0 Å². The summed E-state index contributed by atoms with van der Waals surface area (Å²) >= 11 is 5.31. The quantitative estimate of drug-likeness (QED) is 0.316. The van der Waals surface area contributed by atoms with E-state index in [9.17, 15) is 0 Å². The summed E-state index contributed by atoms with van der Waals surface area (Å²) in [5.74, 6) is 0.359. The van der Waals surface area contributed by atoms with Crippen molar-refractivity contribution in [2.24, 2.45) is 27.2 Å². The lowest BCUT2D eigenvalue weighted by Gasteiger charge is -1.91. The lowest BCUT2D eigenvalue weighted by Crippen LogP contribution is -2.26. The van der Waals surface area contributed by atoms with E-state index in [1.807, 2.05) is 26.0 Å². The molecule has 0 radical (unpaired) electrons. The van der Waals surface area contributed by atoms with Crippen LogP contribution >= 0.6 is 11.6 Å². The molecule has 0 amide bonds. The molecule has 14 heavy (non-hydrogen) atoms. The number of nitrogens with two attached hydrogens (primary N) is 3. The van der Waals surface area contributed by atoms with Gasteiger partial charge >= 0.3 is 0 Å². The minimum absolute atomic E-state index is 0.0562. The molecule has 7 heteroatoms. The van der Waals surface area contributed by atoms with Gasteiger partial charge in [-0.05, 0) is 21.1 Å². The van der Waals surface area contributed by atoms with Crippen molar-refractivity contribution in [2.45, 2.75) is 0 Å². The Morgan fingerprint density at radius 1 is 1.21 bits per heavy atom. The van der Waals surface area contributed by atoms with Gasteiger partial charge in [-0.2, -0.15) is 4.99 Å². The topological polar surface area (TPSA) is 106 Å². The molecule has 0 aliphatic heterocycles. The van der Waals surface area contributed by atoms with Crippen LogP contribution in [-0.2, 0) is 0 Å². The molecule has 0 fully saturated rings. The van der Waals surface area contributed by atoms with E-state index in [-0.39, 0.29) is 11.9 Å². The van der Waals surface area contributed by atoms with E-state index in [1.165, 1.54) is 0 Å². The lowest BCUT2D eigenvalue weighted by atomic mass is 10.8.